The molecule has 24 heavy (non-hydrogen) atoms. The van der Waals surface area contributed by atoms with Crippen molar-refractivity contribution in [2.24, 2.45) is 12.0 Å². The third kappa shape index (κ3) is 5.75. The molecule has 1 aromatic heterocycles. The Hall–Kier alpha value is -1.68. The zero-order chi connectivity index (χ0) is 16.7. The van der Waals surface area contributed by atoms with Crippen molar-refractivity contribution in [3.8, 4) is 0 Å². The Kier molecular flexibility index (Phi) is 8.13. The molecule has 132 valence electrons. The van der Waals surface area contributed by atoms with Gasteiger partial charge in [-0.25, -0.2) is 9.98 Å². The lowest BCUT2D eigenvalue weighted by atomic mass is 9.96. The first-order chi connectivity index (χ1) is 11.0. The van der Waals surface area contributed by atoms with Crippen LogP contribution in [0, 0.1) is 0 Å². The number of benzene rings is 1. The highest BCUT2D eigenvalue weighted by molar-refractivity contribution is 14.0. The monoisotopic (exact) mass is 444 g/mol. The van der Waals surface area contributed by atoms with Gasteiger partial charge in [0.1, 0.15) is 24.3 Å². The first kappa shape index (κ1) is 20.4. The number of aryl methyl sites for hydroxylation is 1. The lowest BCUT2D eigenvalue weighted by Gasteiger charge is -2.25. The maximum Gasteiger partial charge on any atom is 0.191 e. The quantitative estimate of drug-likeness (QED) is 0.356. The fourth-order valence-electron chi connectivity index (χ4n) is 2.11. The lowest BCUT2D eigenvalue weighted by molar-refractivity contribution is 0.0617. The standard InChI is InChI=1S/C16H24N6O.HI/c1-4-17-15(18-10-14-20-12-21-22(14)3)19-11-16(2,23)13-8-6-5-7-9-13;/h5-9,12,23H,4,10-11H2,1-3H3,(H2,17,18,19);1H. The predicted octanol–water partition coefficient (Wildman–Crippen LogP) is 1.40. The molecule has 0 aliphatic carbocycles. The van der Waals surface area contributed by atoms with Gasteiger partial charge in [-0.1, -0.05) is 30.3 Å². The first-order valence-electron chi connectivity index (χ1n) is 7.66. The minimum atomic E-state index is -0.984. The summed E-state index contributed by atoms with van der Waals surface area (Å²) in [6.45, 7) is 5.27. The summed E-state index contributed by atoms with van der Waals surface area (Å²) in [6, 6.07) is 9.57. The number of hydrogen-bond acceptors (Lipinski definition) is 4. The number of aliphatic imine (C=N–C) groups is 1. The van der Waals surface area contributed by atoms with E-state index in [4.69, 9.17) is 0 Å². The van der Waals surface area contributed by atoms with Gasteiger partial charge >= 0.3 is 0 Å². The van der Waals surface area contributed by atoms with Crippen molar-refractivity contribution in [1.82, 2.24) is 25.4 Å². The zero-order valence-corrected chi connectivity index (χ0v) is 16.6. The fourth-order valence-corrected chi connectivity index (χ4v) is 2.11. The molecule has 0 saturated heterocycles. The largest absolute Gasteiger partial charge is 0.384 e. The molecule has 8 heteroatoms. The van der Waals surface area contributed by atoms with Gasteiger partial charge < -0.3 is 15.7 Å². The fraction of sp³-hybridized carbons (Fsp3) is 0.438. The Morgan fingerprint density at radius 2 is 2.00 bits per heavy atom. The highest BCUT2D eigenvalue weighted by Crippen LogP contribution is 2.18. The summed E-state index contributed by atoms with van der Waals surface area (Å²) in [5.74, 6) is 1.41. The predicted molar refractivity (Wildman–Crippen MR) is 105 cm³/mol. The second kappa shape index (κ2) is 9.58. The Morgan fingerprint density at radius 1 is 1.29 bits per heavy atom. The lowest BCUT2D eigenvalue weighted by Crippen LogP contribution is -2.44. The highest BCUT2D eigenvalue weighted by Gasteiger charge is 2.22. The number of guanidine groups is 1. The van der Waals surface area contributed by atoms with Crippen LogP contribution in [0.5, 0.6) is 0 Å². The van der Waals surface area contributed by atoms with E-state index < -0.39 is 5.60 Å². The molecule has 0 saturated carbocycles. The molecule has 0 amide bonds. The zero-order valence-electron chi connectivity index (χ0n) is 14.2. The summed E-state index contributed by atoms with van der Waals surface area (Å²) in [7, 11) is 1.83. The van der Waals surface area contributed by atoms with Crippen molar-refractivity contribution in [2.45, 2.75) is 26.0 Å². The summed E-state index contributed by atoms with van der Waals surface area (Å²) in [5, 5.41) is 21.0. The summed E-state index contributed by atoms with van der Waals surface area (Å²) in [4.78, 5) is 8.62. The van der Waals surface area contributed by atoms with Crippen LogP contribution in [0.4, 0.5) is 0 Å². The van der Waals surface area contributed by atoms with Crippen molar-refractivity contribution in [3.63, 3.8) is 0 Å². The molecule has 0 spiro atoms. The smallest absolute Gasteiger partial charge is 0.191 e. The third-order valence-corrected chi connectivity index (χ3v) is 3.52. The van der Waals surface area contributed by atoms with E-state index >= 15 is 0 Å². The molecular formula is C16H25IN6O. The Morgan fingerprint density at radius 3 is 2.58 bits per heavy atom. The van der Waals surface area contributed by atoms with Gasteiger partial charge in [-0.2, -0.15) is 5.10 Å². The average molecular weight is 444 g/mol. The minimum Gasteiger partial charge on any atom is -0.384 e. The van der Waals surface area contributed by atoms with E-state index in [1.807, 2.05) is 44.3 Å². The molecule has 0 radical (unpaired) electrons. The van der Waals surface area contributed by atoms with Crippen molar-refractivity contribution >= 4 is 29.9 Å². The summed E-state index contributed by atoms with van der Waals surface area (Å²) < 4.78 is 1.69. The van der Waals surface area contributed by atoms with E-state index in [-0.39, 0.29) is 24.0 Å². The number of aliphatic hydroxyl groups is 1. The van der Waals surface area contributed by atoms with Gasteiger partial charge in [0.2, 0.25) is 0 Å². The van der Waals surface area contributed by atoms with Crippen LogP contribution >= 0.6 is 24.0 Å². The van der Waals surface area contributed by atoms with E-state index in [0.717, 1.165) is 17.9 Å². The van der Waals surface area contributed by atoms with Gasteiger partial charge in [0, 0.05) is 13.6 Å². The van der Waals surface area contributed by atoms with Crippen LogP contribution in [0.2, 0.25) is 0 Å². The van der Waals surface area contributed by atoms with Crippen LogP contribution < -0.4 is 10.6 Å². The van der Waals surface area contributed by atoms with Gasteiger partial charge in [0.15, 0.2) is 5.96 Å². The number of rotatable bonds is 6. The van der Waals surface area contributed by atoms with E-state index in [1.54, 1.807) is 11.6 Å². The second-order valence-corrected chi connectivity index (χ2v) is 5.49. The van der Waals surface area contributed by atoms with E-state index in [0.29, 0.717) is 19.0 Å². The Balaban J connectivity index is 0.00000288. The highest BCUT2D eigenvalue weighted by atomic mass is 127. The molecule has 1 atom stereocenters. The average Bonchev–Trinajstić information content (AvgIpc) is 2.96. The van der Waals surface area contributed by atoms with Crippen LogP contribution in [-0.2, 0) is 19.2 Å². The molecule has 0 bridgehead atoms. The Bertz CT molecular complexity index is 641. The van der Waals surface area contributed by atoms with Crippen molar-refractivity contribution < 1.29 is 5.11 Å². The maximum absolute atomic E-state index is 10.6. The van der Waals surface area contributed by atoms with Crippen molar-refractivity contribution in [2.75, 3.05) is 13.1 Å². The SMILES string of the molecule is CCNC(=NCc1ncnn1C)NCC(C)(O)c1ccccc1.I. The summed E-state index contributed by atoms with van der Waals surface area (Å²) in [5.41, 5.74) is -0.126. The molecular weight excluding hydrogens is 419 g/mol. The molecule has 7 nitrogen and oxygen atoms in total. The number of nitrogens with one attached hydrogen (secondary N) is 2. The van der Waals surface area contributed by atoms with Gasteiger partial charge in [-0.3, -0.25) is 4.68 Å². The first-order valence-corrected chi connectivity index (χ1v) is 7.66. The molecule has 1 unspecified atom stereocenters. The van der Waals surface area contributed by atoms with Crippen LogP contribution in [0.25, 0.3) is 0 Å². The Labute approximate surface area is 159 Å². The van der Waals surface area contributed by atoms with Crippen LogP contribution in [0.1, 0.15) is 25.2 Å². The summed E-state index contributed by atoms with van der Waals surface area (Å²) >= 11 is 0. The molecule has 3 N–H and O–H groups in total. The molecule has 2 aromatic rings. The molecule has 0 fully saturated rings. The normalized spacial score (nSPS) is 13.8. The second-order valence-electron chi connectivity index (χ2n) is 5.49. The molecule has 0 aliphatic rings. The summed E-state index contributed by atoms with van der Waals surface area (Å²) in [6.07, 6.45) is 1.51. The van der Waals surface area contributed by atoms with E-state index in [2.05, 4.69) is 25.7 Å². The molecule has 1 aromatic carbocycles. The van der Waals surface area contributed by atoms with Crippen LogP contribution in [0.3, 0.4) is 0 Å². The number of halogens is 1. The molecule has 1 heterocycles. The third-order valence-electron chi connectivity index (χ3n) is 3.52. The van der Waals surface area contributed by atoms with Crippen LogP contribution in [-0.4, -0.2) is 38.9 Å². The van der Waals surface area contributed by atoms with Gasteiger partial charge in [0.25, 0.3) is 0 Å². The molecule has 2 rings (SSSR count). The van der Waals surface area contributed by atoms with Crippen LogP contribution in [0.15, 0.2) is 41.7 Å². The minimum absolute atomic E-state index is 0. The van der Waals surface area contributed by atoms with Gasteiger partial charge in [-0.15, -0.1) is 24.0 Å². The van der Waals surface area contributed by atoms with Gasteiger partial charge in [0.05, 0.1) is 6.54 Å². The van der Waals surface area contributed by atoms with Gasteiger partial charge in [-0.05, 0) is 19.4 Å². The maximum atomic E-state index is 10.6. The van der Waals surface area contributed by atoms with E-state index in [1.165, 1.54) is 6.33 Å². The van der Waals surface area contributed by atoms with Crippen molar-refractivity contribution in [3.05, 3.63) is 48.0 Å². The molecule has 0 aliphatic heterocycles. The number of nitrogens with zero attached hydrogens (tertiary/aromatic N) is 4. The number of aromatic nitrogens is 3. The topological polar surface area (TPSA) is 87.4 Å². The van der Waals surface area contributed by atoms with Crippen molar-refractivity contribution in [1.29, 1.82) is 0 Å². The number of hydrogen-bond donors (Lipinski definition) is 3. The van der Waals surface area contributed by atoms with E-state index in [9.17, 15) is 5.11 Å².